The van der Waals surface area contributed by atoms with Crippen molar-refractivity contribution in [2.75, 3.05) is 13.2 Å². The van der Waals surface area contributed by atoms with Gasteiger partial charge in [0, 0.05) is 19.3 Å². The molecule has 0 saturated carbocycles. The first-order valence-corrected chi connectivity index (χ1v) is 29.6. The van der Waals surface area contributed by atoms with Gasteiger partial charge in [0.25, 0.3) is 0 Å². The van der Waals surface area contributed by atoms with Crippen molar-refractivity contribution in [3.63, 3.8) is 0 Å². The van der Waals surface area contributed by atoms with Crippen LogP contribution in [0.2, 0.25) is 0 Å². The molecule has 0 unspecified atom stereocenters. The first kappa shape index (κ1) is 69.8. The predicted octanol–water partition coefficient (Wildman–Crippen LogP) is 20.3. The molecule has 0 aliphatic carbocycles. The van der Waals surface area contributed by atoms with Crippen LogP contribution in [0.15, 0.2) is 170 Å². The minimum Gasteiger partial charge on any atom is -0.462 e. The second kappa shape index (κ2) is 61.3. The number of carbonyl (C=O) groups is 3. The van der Waals surface area contributed by atoms with Gasteiger partial charge in [0.1, 0.15) is 13.2 Å². The highest BCUT2D eigenvalue weighted by molar-refractivity contribution is 5.71. The van der Waals surface area contributed by atoms with Crippen LogP contribution in [0.3, 0.4) is 0 Å². The Labute approximate surface area is 460 Å². The summed E-state index contributed by atoms with van der Waals surface area (Å²) < 4.78 is 16.8. The van der Waals surface area contributed by atoms with Crippen molar-refractivity contribution < 1.29 is 28.6 Å². The van der Waals surface area contributed by atoms with E-state index in [4.69, 9.17) is 14.2 Å². The Morgan fingerprint density at radius 2 is 0.547 bits per heavy atom. The van der Waals surface area contributed by atoms with Crippen LogP contribution < -0.4 is 0 Å². The number of hydrogen-bond donors (Lipinski definition) is 0. The molecule has 0 heterocycles. The lowest BCUT2D eigenvalue weighted by Crippen LogP contribution is -2.30. The highest BCUT2D eigenvalue weighted by Crippen LogP contribution is 2.12. The van der Waals surface area contributed by atoms with Gasteiger partial charge in [-0.3, -0.25) is 14.4 Å². The zero-order valence-electron chi connectivity index (χ0n) is 47.7. The molecule has 0 fully saturated rings. The van der Waals surface area contributed by atoms with Crippen molar-refractivity contribution in [1.82, 2.24) is 0 Å². The van der Waals surface area contributed by atoms with Crippen LogP contribution in [0.5, 0.6) is 0 Å². The van der Waals surface area contributed by atoms with Crippen molar-refractivity contribution in [1.29, 1.82) is 0 Å². The topological polar surface area (TPSA) is 78.9 Å². The molecule has 6 nitrogen and oxygen atoms in total. The predicted molar refractivity (Wildman–Crippen MR) is 325 cm³/mol. The maximum atomic E-state index is 12.9. The number of hydrogen-bond acceptors (Lipinski definition) is 6. The van der Waals surface area contributed by atoms with Crippen molar-refractivity contribution in [2.45, 2.75) is 232 Å². The summed E-state index contributed by atoms with van der Waals surface area (Å²) in [4.78, 5) is 38.2. The fraction of sp³-hybridized carbons (Fsp3) is 0.551. The molecule has 0 aromatic rings. The van der Waals surface area contributed by atoms with Gasteiger partial charge in [0.05, 0.1) is 0 Å². The third-order valence-corrected chi connectivity index (χ3v) is 11.7. The maximum Gasteiger partial charge on any atom is 0.306 e. The summed E-state index contributed by atoms with van der Waals surface area (Å²) in [6.45, 7) is 6.26. The normalized spacial score (nSPS) is 13.4. The second-order valence-electron chi connectivity index (χ2n) is 18.8. The van der Waals surface area contributed by atoms with E-state index in [1.807, 2.05) is 12.2 Å². The molecule has 0 aromatic heterocycles. The Hall–Kier alpha value is -5.23. The number of rotatable bonds is 51. The summed E-state index contributed by atoms with van der Waals surface area (Å²) in [7, 11) is 0. The summed E-state index contributed by atoms with van der Waals surface area (Å²) in [6.07, 6.45) is 90.6. The zero-order chi connectivity index (χ0) is 54.3. The third-order valence-electron chi connectivity index (χ3n) is 11.7. The molecule has 0 radical (unpaired) electrons. The molecule has 0 aliphatic rings. The highest BCUT2D eigenvalue weighted by atomic mass is 16.6. The van der Waals surface area contributed by atoms with E-state index in [0.29, 0.717) is 19.3 Å². The van der Waals surface area contributed by atoms with Crippen LogP contribution in [0.4, 0.5) is 0 Å². The lowest BCUT2D eigenvalue weighted by atomic mass is 10.1. The largest absolute Gasteiger partial charge is 0.462 e. The van der Waals surface area contributed by atoms with Gasteiger partial charge >= 0.3 is 17.9 Å². The van der Waals surface area contributed by atoms with Crippen molar-refractivity contribution in [3.05, 3.63) is 170 Å². The molecule has 0 N–H and O–H groups in total. The number of carbonyl (C=O) groups excluding carboxylic acids is 3. The van der Waals surface area contributed by atoms with Gasteiger partial charge in [-0.25, -0.2) is 0 Å². The molecule has 0 amide bonds. The minimum absolute atomic E-state index is 0.130. The fourth-order valence-corrected chi connectivity index (χ4v) is 7.32. The van der Waals surface area contributed by atoms with Crippen LogP contribution in [-0.2, 0) is 28.6 Å². The van der Waals surface area contributed by atoms with E-state index in [1.165, 1.54) is 38.5 Å². The summed E-state index contributed by atoms with van der Waals surface area (Å²) in [6, 6.07) is 0. The lowest BCUT2D eigenvalue weighted by Gasteiger charge is -2.18. The molecule has 418 valence electrons. The summed E-state index contributed by atoms with van der Waals surface area (Å²) >= 11 is 0. The maximum absolute atomic E-state index is 12.9. The van der Waals surface area contributed by atoms with E-state index in [9.17, 15) is 14.4 Å². The van der Waals surface area contributed by atoms with Crippen LogP contribution in [0.25, 0.3) is 0 Å². The van der Waals surface area contributed by atoms with Gasteiger partial charge in [-0.15, -0.1) is 0 Å². The van der Waals surface area contributed by atoms with Gasteiger partial charge in [0.2, 0.25) is 0 Å². The lowest BCUT2D eigenvalue weighted by molar-refractivity contribution is -0.166. The van der Waals surface area contributed by atoms with Gasteiger partial charge in [-0.05, 0) is 141 Å². The average molecular weight is 1030 g/mol. The first-order valence-electron chi connectivity index (χ1n) is 29.6. The van der Waals surface area contributed by atoms with E-state index in [2.05, 4.69) is 179 Å². The van der Waals surface area contributed by atoms with Crippen molar-refractivity contribution >= 4 is 17.9 Å². The zero-order valence-corrected chi connectivity index (χ0v) is 47.7. The van der Waals surface area contributed by atoms with Crippen LogP contribution in [0.1, 0.15) is 226 Å². The van der Waals surface area contributed by atoms with Gasteiger partial charge in [-0.2, -0.15) is 0 Å². The molecule has 75 heavy (non-hydrogen) atoms. The smallest absolute Gasteiger partial charge is 0.306 e. The van der Waals surface area contributed by atoms with Crippen molar-refractivity contribution in [2.24, 2.45) is 0 Å². The standard InChI is InChI=1S/C69H106O6/c1-4-7-10-13-16-19-22-25-28-31-34-37-40-43-46-49-52-55-58-61-67(70)73-64-66(75-69(72)63-60-57-54-51-48-45-42-39-36-33-30-27-24-21-18-15-12-9-6-3)65-74-68(71)62-59-56-53-50-47-44-41-38-35-32-29-26-23-20-17-14-11-8-5-2/h7,9-10,12,16-21,25-30,34-39,43,45-46,48,52,55,66H,4-6,8,11,13-15,22-24,31-33,40-42,44,47,49-51,53-54,56-65H2,1-3H3/b10-7-,12-9-,19-16-,20-17-,21-18-,28-25-,29-26-,30-27-,37-34-,38-35-,39-36-,46-43-,48-45-,55-52-/t66-/m0/s1. The van der Waals surface area contributed by atoms with E-state index in [-0.39, 0.29) is 44.0 Å². The SMILES string of the molecule is CC/C=C\C/C=C\C/C=C\C/C=C\C/C=C\C/C=C\CCC(=O)OC[C@@H](COC(=O)CCCCCCCC/C=C\C/C=C\C/C=C\CCCCC)OC(=O)CCCCC/C=C\C/C=C\C/C=C\C/C=C\C/C=C\CC. The summed E-state index contributed by atoms with van der Waals surface area (Å²) in [5, 5.41) is 0. The van der Waals surface area contributed by atoms with E-state index < -0.39 is 6.10 Å². The van der Waals surface area contributed by atoms with Crippen LogP contribution in [0, 0.1) is 0 Å². The van der Waals surface area contributed by atoms with Gasteiger partial charge in [-0.1, -0.05) is 236 Å². The number of unbranched alkanes of at least 4 members (excludes halogenated alkanes) is 12. The van der Waals surface area contributed by atoms with Gasteiger partial charge < -0.3 is 14.2 Å². The first-order chi connectivity index (χ1) is 37.0. The quantitative estimate of drug-likeness (QED) is 0.0261. The molecule has 0 saturated heterocycles. The van der Waals surface area contributed by atoms with Gasteiger partial charge in [0.15, 0.2) is 6.10 Å². The Bertz CT molecular complexity index is 1750. The molecule has 0 spiro atoms. The molecule has 0 rings (SSSR count). The summed E-state index contributed by atoms with van der Waals surface area (Å²) in [5.41, 5.74) is 0. The van der Waals surface area contributed by atoms with Crippen molar-refractivity contribution in [3.8, 4) is 0 Å². The second-order valence-corrected chi connectivity index (χ2v) is 18.8. The third kappa shape index (κ3) is 59.5. The molecular formula is C69H106O6. The Morgan fingerprint density at radius 1 is 0.280 bits per heavy atom. The van der Waals surface area contributed by atoms with Crippen LogP contribution >= 0.6 is 0 Å². The molecule has 0 bridgehead atoms. The molecule has 0 aliphatic heterocycles. The number of allylic oxidation sites excluding steroid dienone is 28. The number of ether oxygens (including phenoxy) is 3. The molecule has 6 heteroatoms. The Kier molecular flexibility index (Phi) is 57.0. The Morgan fingerprint density at radius 3 is 0.907 bits per heavy atom. The average Bonchev–Trinajstić information content (AvgIpc) is 3.41. The highest BCUT2D eigenvalue weighted by Gasteiger charge is 2.19. The van der Waals surface area contributed by atoms with E-state index in [0.717, 1.165) is 135 Å². The molecule has 1 atom stereocenters. The van der Waals surface area contributed by atoms with E-state index >= 15 is 0 Å². The molecule has 0 aromatic carbocycles. The van der Waals surface area contributed by atoms with E-state index in [1.54, 1.807) is 0 Å². The summed E-state index contributed by atoms with van der Waals surface area (Å²) in [5.74, 6) is -1.07. The minimum atomic E-state index is -0.843. The number of esters is 3. The molecular weight excluding hydrogens is 925 g/mol. The van der Waals surface area contributed by atoms with Crippen LogP contribution in [-0.4, -0.2) is 37.2 Å². The Balaban J connectivity index is 4.63. The fourth-order valence-electron chi connectivity index (χ4n) is 7.32. The monoisotopic (exact) mass is 1030 g/mol.